The quantitative estimate of drug-likeness (QED) is 0.297. The standard InChI is InChI=1S/C20H23N5O2.HI/c1-3-26-18-11-15(9-10-22-18)12-23-20(21-2)24-13-17-14-27-19(25-17)16-7-5-4-6-8-16;/h4-11,14H,3,12-13H2,1-2H3,(H2,21,23,24);1H. The Morgan fingerprint density at radius 3 is 2.68 bits per heavy atom. The summed E-state index contributed by atoms with van der Waals surface area (Å²) in [5, 5.41) is 6.49. The lowest BCUT2D eigenvalue weighted by atomic mass is 10.2. The second-order valence-electron chi connectivity index (χ2n) is 5.72. The number of ether oxygens (including phenoxy) is 1. The van der Waals surface area contributed by atoms with E-state index >= 15 is 0 Å². The zero-order chi connectivity index (χ0) is 18.9. The average Bonchev–Trinajstić information content (AvgIpc) is 3.18. The Morgan fingerprint density at radius 1 is 1.14 bits per heavy atom. The summed E-state index contributed by atoms with van der Waals surface area (Å²) in [5.41, 5.74) is 2.82. The first kappa shape index (κ1) is 21.7. The number of hydrogen-bond acceptors (Lipinski definition) is 5. The Morgan fingerprint density at radius 2 is 1.93 bits per heavy atom. The number of benzene rings is 1. The van der Waals surface area contributed by atoms with Crippen LogP contribution in [0.3, 0.4) is 0 Å². The van der Waals surface area contributed by atoms with Crippen LogP contribution < -0.4 is 15.4 Å². The highest BCUT2D eigenvalue weighted by atomic mass is 127. The SMILES string of the molecule is CCOc1cc(CNC(=NC)NCc2coc(-c3ccccc3)n2)ccn1.I. The molecule has 2 N–H and O–H groups in total. The molecule has 0 aliphatic rings. The summed E-state index contributed by atoms with van der Waals surface area (Å²) in [6, 6.07) is 13.7. The van der Waals surface area contributed by atoms with E-state index in [0.29, 0.717) is 37.4 Å². The molecule has 2 aromatic heterocycles. The third-order valence-corrected chi connectivity index (χ3v) is 3.78. The largest absolute Gasteiger partial charge is 0.478 e. The van der Waals surface area contributed by atoms with Crippen LogP contribution in [0.25, 0.3) is 11.5 Å². The molecule has 0 atom stereocenters. The molecule has 0 radical (unpaired) electrons. The van der Waals surface area contributed by atoms with E-state index in [1.54, 1.807) is 19.5 Å². The van der Waals surface area contributed by atoms with Crippen LogP contribution in [-0.4, -0.2) is 29.6 Å². The molecule has 3 rings (SSSR count). The van der Waals surface area contributed by atoms with Crippen molar-refractivity contribution < 1.29 is 9.15 Å². The molecule has 0 fully saturated rings. The maximum Gasteiger partial charge on any atom is 0.226 e. The Bertz CT molecular complexity index is 883. The molecule has 2 heterocycles. The van der Waals surface area contributed by atoms with Gasteiger partial charge in [-0.2, -0.15) is 0 Å². The fraction of sp³-hybridized carbons (Fsp3) is 0.250. The van der Waals surface area contributed by atoms with Crippen LogP contribution in [0.1, 0.15) is 18.2 Å². The van der Waals surface area contributed by atoms with Gasteiger partial charge < -0.3 is 19.8 Å². The van der Waals surface area contributed by atoms with E-state index in [0.717, 1.165) is 16.8 Å². The van der Waals surface area contributed by atoms with Crippen LogP contribution in [0, 0.1) is 0 Å². The van der Waals surface area contributed by atoms with E-state index in [1.165, 1.54) is 0 Å². The summed E-state index contributed by atoms with van der Waals surface area (Å²) in [6.07, 6.45) is 3.39. The molecule has 0 amide bonds. The van der Waals surface area contributed by atoms with E-state index in [4.69, 9.17) is 9.15 Å². The zero-order valence-electron chi connectivity index (χ0n) is 15.9. The molecule has 0 saturated carbocycles. The van der Waals surface area contributed by atoms with Gasteiger partial charge in [-0.15, -0.1) is 24.0 Å². The molecule has 0 saturated heterocycles. The van der Waals surface area contributed by atoms with Crippen LogP contribution in [0.5, 0.6) is 5.88 Å². The van der Waals surface area contributed by atoms with Crippen molar-refractivity contribution in [1.82, 2.24) is 20.6 Å². The van der Waals surface area contributed by atoms with Crippen LogP contribution in [0.15, 0.2) is 64.3 Å². The fourth-order valence-electron chi connectivity index (χ4n) is 2.47. The van der Waals surface area contributed by atoms with Gasteiger partial charge in [-0.3, -0.25) is 4.99 Å². The highest BCUT2D eigenvalue weighted by Gasteiger charge is 2.07. The van der Waals surface area contributed by atoms with E-state index in [-0.39, 0.29) is 24.0 Å². The van der Waals surface area contributed by atoms with Gasteiger partial charge in [-0.05, 0) is 30.7 Å². The first-order chi connectivity index (χ1) is 13.3. The highest BCUT2D eigenvalue weighted by Crippen LogP contribution is 2.17. The Hall–Kier alpha value is -2.62. The Balaban J connectivity index is 0.00000280. The number of aliphatic imine (C=N–C) groups is 1. The highest BCUT2D eigenvalue weighted by molar-refractivity contribution is 14.0. The third kappa shape index (κ3) is 6.22. The van der Waals surface area contributed by atoms with Crippen molar-refractivity contribution >= 4 is 29.9 Å². The first-order valence-corrected chi connectivity index (χ1v) is 8.80. The van der Waals surface area contributed by atoms with Crippen molar-refractivity contribution in [2.24, 2.45) is 4.99 Å². The minimum Gasteiger partial charge on any atom is -0.478 e. The Labute approximate surface area is 181 Å². The molecule has 8 heteroatoms. The molecule has 0 unspecified atom stereocenters. The first-order valence-electron chi connectivity index (χ1n) is 8.80. The van der Waals surface area contributed by atoms with Gasteiger partial charge in [0.2, 0.25) is 11.8 Å². The molecular formula is C20H24IN5O2. The van der Waals surface area contributed by atoms with Crippen molar-refractivity contribution in [3.63, 3.8) is 0 Å². The van der Waals surface area contributed by atoms with Crippen LogP contribution in [-0.2, 0) is 13.1 Å². The Kier molecular flexibility index (Phi) is 8.73. The molecule has 148 valence electrons. The minimum atomic E-state index is 0. The minimum absolute atomic E-state index is 0. The maximum absolute atomic E-state index is 5.55. The fourth-order valence-corrected chi connectivity index (χ4v) is 2.47. The number of nitrogens with zero attached hydrogens (tertiary/aromatic N) is 3. The zero-order valence-corrected chi connectivity index (χ0v) is 18.2. The smallest absolute Gasteiger partial charge is 0.226 e. The number of nitrogens with one attached hydrogen (secondary N) is 2. The van der Waals surface area contributed by atoms with E-state index in [2.05, 4.69) is 25.6 Å². The molecule has 0 aliphatic carbocycles. The number of pyridine rings is 1. The normalized spacial score (nSPS) is 10.9. The molecule has 3 aromatic rings. The van der Waals surface area contributed by atoms with E-state index < -0.39 is 0 Å². The summed E-state index contributed by atoms with van der Waals surface area (Å²) < 4.78 is 11.0. The molecule has 28 heavy (non-hydrogen) atoms. The van der Waals surface area contributed by atoms with E-state index in [9.17, 15) is 0 Å². The van der Waals surface area contributed by atoms with E-state index in [1.807, 2.05) is 49.4 Å². The number of aromatic nitrogens is 2. The average molecular weight is 493 g/mol. The van der Waals surface area contributed by atoms with Gasteiger partial charge in [0.1, 0.15) is 6.26 Å². The van der Waals surface area contributed by atoms with Gasteiger partial charge in [0, 0.05) is 31.4 Å². The van der Waals surface area contributed by atoms with Crippen molar-refractivity contribution in [1.29, 1.82) is 0 Å². The monoisotopic (exact) mass is 493 g/mol. The second-order valence-corrected chi connectivity index (χ2v) is 5.72. The summed E-state index contributed by atoms with van der Waals surface area (Å²) in [5.74, 6) is 1.90. The van der Waals surface area contributed by atoms with Gasteiger partial charge in [0.15, 0.2) is 5.96 Å². The molecule has 0 aliphatic heterocycles. The van der Waals surface area contributed by atoms with Gasteiger partial charge in [0.05, 0.1) is 18.8 Å². The van der Waals surface area contributed by atoms with Crippen molar-refractivity contribution in [3.8, 4) is 17.3 Å². The summed E-state index contributed by atoms with van der Waals surface area (Å²) in [7, 11) is 1.73. The topological polar surface area (TPSA) is 84.6 Å². The van der Waals surface area contributed by atoms with Crippen molar-refractivity contribution in [2.75, 3.05) is 13.7 Å². The third-order valence-electron chi connectivity index (χ3n) is 3.78. The number of guanidine groups is 1. The van der Waals surface area contributed by atoms with Gasteiger partial charge >= 0.3 is 0 Å². The van der Waals surface area contributed by atoms with Crippen LogP contribution in [0.2, 0.25) is 0 Å². The predicted molar refractivity (Wildman–Crippen MR) is 120 cm³/mol. The lowest BCUT2D eigenvalue weighted by molar-refractivity contribution is 0.326. The second kappa shape index (κ2) is 11.3. The molecule has 7 nitrogen and oxygen atoms in total. The summed E-state index contributed by atoms with van der Waals surface area (Å²) >= 11 is 0. The van der Waals surface area contributed by atoms with Gasteiger partial charge in [-0.1, -0.05) is 18.2 Å². The van der Waals surface area contributed by atoms with Crippen LogP contribution >= 0.6 is 24.0 Å². The number of oxazole rings is 1. The number of hydrogen-bond donors (Lipinski definition) is 2. The number of rotatable bonds is 7. The molecule has 0 bridgehead atoms. The number of halogens is 1. The molecule has 0 spiro atoms. The van der Waals surface area contributed by atoms with Gasteiger partial charge in [0.25, 0.3) is 0 Å². The lowest BCUT2D eigenvalue weighted by Crippen LogP contribution is -2.36. The molecular weight excluding hydrogens is 469 g/mol. The summed E-state index contributed by atoms with van der Waals surface area (Å²) in [6.45, 7) is 3.65. The summed E-state index contributed by atoms with van der Waals surface area (Å²) in [4.78, 5) is 12.9. The van der Waals surface area contributed by atoms with Crippen LogP contribution in [0.4, 0.5) is 0 Å². The molecule has 1 aromatic carbocycles. The van der Waals surface area contributed by atoms with Crippen molar-refractivity contribution in [3.05, 3.63) is 66.2 Å². The predicted octanol–water partition coefficient (Wildman–Crippen LogP) is 3.62. The van der Waals surface area contributed by atoms with Gasteiger partial charge in [-0.25, -0.2) is 9.97 Å². The van der Waals surface area contributed by atoms with Crippen molar-refractivity contribution in [2.45, 2.75) is 20.0 Å². The maximum atomic E-state index is 5.55. The lowest BCUT2D eigenvalue weighted by Gasteiger charge is -2.11.